The predicted molar refractivity (Wildman–Crippen MR) is 59.3 cm³/mol. The molecular formula is C8H13N3O2S2. The van der Waals surface area contributed by atoms with Crippen LogP contribution in [0.3, 0.4) is 0 Å². The number of nitrogens with one attached hydrogen (secondary N) is 1. The van der Waals surface area contributed by atoms with Crippen molar-refractivity contribution in [3.8, 4) is 0 Å². The Hall–Kier alpha value is -0.530. The van der Waals surface area contributed by atoms with Gasteiger partial charge in [-0.25, -0.2) is 8.42 Å². The standard InChI is InChI=1S/C8H13N3O2S2/c1-7-6-14-5-4-11(7)15(12,13)8-2-3-9-10-8/h2-3,7H,4-6H2,1H3,(H,9,10). The summed E-state index contributed by atoms with van der Waals surface area (Å²) in [6, 6.07) is 1.54. The summed E-state index contributed by atoms with van der Waals surface area (Å²) in [5.74, 6) is 1.71. The van der Waals surface area contributed by atoms with E-state index >= 15 is 0 Å². The highest BCUT2D eigenvalue weighted by molar-refractivity contribution is 7.99. The third-order valence-electron chi connectivity index (χ3n) is 2.37. The van der Waals surface area contributed by atoms with Crippen molar-refractivity contribution in [3.63, 3.8) is 0 Å². The number of rotatable bonds is 2. The third-order valence-corrected chi connectivity index (χ3v) is 5.50. The Kier molecular flexibility index (Phi) is 3.03. The van der Waals surface area contributed by atoms with E-state index in [-0.39, 0.29) is 11.1 Å². The van der Waals surface area contributed by atoms with E-state index in [1.807, 2.05) is 6.92 Å². The molecule has 0 radical (unpaired) electrons. The van der Waals surface area contributed by atoms with Gasteiger partial charge in [-0.1, -0.05) is 0 Å². The summed E-state index contributed by atoms with van der Waals surface area (Å²) in [6.45, 7) is 2.51. The first-order chi connectivity index (χ1) is 7.12. The average molecular weight is 247 g/mol. The zero-order chi connectivity index (χ0) is 10.9. The number of hydrogen-bond donors (Lipinski definition) is 1. The van der Waals surface area contributed by atoms with E-state index in [1.165, 1.54) is 16.6 Å². The number of aromatic nitrogens is 2. The minimum absolute atomic E-state index is 0.0528. The summed E-state index contributed by atoms with van der Waals surface area (Å²) >= 11 is 1.79. The first-order valence-electron chi connectivity index (χ1n) is 4.71. The Morgan fingerprint density at radius 1 is 1.67 bits per heavy atom. The molecule has 1 atom stereocenters. The highest BCUT2D eigenvalue weighted by Crippen LogP contribution is 2.22. The van der Waals surface area contributed by atoms with Gasteiger partial charge in [-0.05, 0) is 13.0 Å². The third kappa shape index (κ3) is 2.04. The van der Waals surface area contributed by atoms with Gasteiger partial charge in [0.05, 0.1) is 6.20 Å². The molecule has 84 valence electrons. The second kappa shape index (κ2) is 4.15. The fraction of sp³-hybridized carbons (Fsp3) is 0.625. The van der Waals surface area contributed by atoms with Gasteiger partial charge in [0.1, 0.15) is 0 Å². The molecule has 1 aliphatic heterocycles. The van der Waals surface area contributed by atoms with Gasteiger partial charge in [-0.15, -0.1) is 0 Å². The van der Waals surface area contributed by atoms with Gasteiger partial charge in [0.15, 0.2) is 5.03 Å². The highest BCUT2D eigenvalue weighted by atomic mass is 32.2. The van der Waals surface area contributed by atoms with Crippen LogP contribution in [0, 0.1) is 0 Å². The van der Waals surface area contributed by atoms with Crippen molar-refractivity contribution in [3.05, 3.63) is 12.3 Å². The minimum Gasteiger partial charge on any atom is -0.266 e. The van der Waals surface area contributed by atoms with Gasteiger partial charge >= 0.3 is 0 Å². The predicted octanol–water partition coefficient (Wildman–Crippen LogP) is 0.536. The molecule has 1 N–H and O–H groups in total. The SMILES string of the molecule is CC1CSCCN1S(=O)(=O)c1ccn[nH]1. The van der Waals surface area contributed by atoms with Crippen LogP contribution in [-0.4, -0.2) is 47.0 Å². The number of thioether (sulfide) groups is 1. The van der Waals surface area contributed by atoms with E-state index in [0.29, 0.717) is 6.54 Å². The summed E-state index contributed by atoms with van der Waals surface area (Å²) in [6.07, 6.45) is 1.45. The molecule has 0 saturated carbocycles. The molecule has 1 aliphatic rings. The van der Waals surface area contributed by atoms with E-state index in [2.05, 4.69) is 10.2 Å². The summed E-state index contributed by atoms with van der Waals surface area (Å²) in [7, 11) is -3.37. The van der Waals surface area contributed by atoms with Gasteiger partial charge in [0, 0.05) is 24.1 Å². The number of hydrogen-bond acceptors (Lipinski definition) is 4. The molecule has 1 saturated heterocycles. The monoisotopic (exact) mass is 247 g/mol. The zero-order valence-electron chi connectivity index (χ0n) is 8.38. The maximum atomic E-state index is 12.1. The molecule has 1 unspecified atom stereocenters. The van der Waals surface area contributed by atoms with E-state index in [0.717, 1.165) is 11.5 Å². The van der Waals surface area contributed by atoms with Gasteiger partial charge in [-0.3, -0.25) is 5.10 Å². The van der Waals surface area contributed by atoms with E-state index < -0.39 is 10.0 Å². The topological polar surface area (TPSA) is 66.1 Å². The van der Waals surface area contributed by atoms with Crippen molar-refractivity contribution in [1.82, 2.24) is 14.5 Å². The van der Waals surface area contributed by atoms with Crippen LogP contribution in [0.15, 0.2) is 17.3 Å². The molecule has 1 fully saturated rings. The van der Waals surface area contributed by atoms with Crippen molar-refractivity contribution in [1.29, 1.82) is 0 Å². The van der Waals surface area contributed by atoms with Gasteiger partial charge < -0.3 is 0 Å². The van der Waals surface area contributed by atoms with E-state index in [9.17, 15) is 8.42 Å². The van der Waals surface area contributed by atoms with Crippen molar-refractivity contribution in [2.45, 2.75) is 18.0 Å². The first kappa shape index (κ1) is 11.0. The second-order valence-electron chi connectivity index (χ2n) is 3.46. The van der Waals surface area contributed by atoms with Crippen LogP contribution in [0.25, 0.3) is 0 Å². The second-order valence-corrected chi connectivity index (χ2v) is 6.47. The lowest BCUT2D eigenvalue weighted by atomic mass is 10.4. The van der Waals surface area contributed by atoms with Gasteiger partial charge in [0.2, 0.25) is 0 Å². The largest absolute Gasteiger partial charge is 0.266 e. The van der Waals surface area contributed by atoms with Crippen LogP contribution in [0.5, 0.6) is 0 Å². The molecule has 2 rings (SSSR count). The lowest BCUT2D eigenvalue weighted by Gasteiger charge is -2.31. The normalized spacial score (nSPS) is 24.2. The molecule has 0 spiro atoms. The fourth-order valence-electron chi connectivity index (χ4n) is 1.58. The fourth-order valence-corrected chi connectivity index (χ4v) is 4.34. The van der Waals surface area contributed by atoms with Crippen LogP contribution in [0.2, 0.25) is 0 Å². The first-order valence-corrected chi connectivity index (χ1v) is 7.31. The molecule has 0 bridgehead atoms. The smallest absolute Gasteiger partial charge is 0.260 e. The molecule has 2 heterocycles. The number of nitrogens with zero attached hydrogens (tertiary/aromatic N) is 2. The maximum absolute atomic E-state index is 12.1. The maximum Gasteiger partial charge on any atom is 0.260 e. The molecule has 15 heavy (non-hydrogen) atoms. The van der Waals surface area contributed by atoms with Crippen LogP contribution in [0.4, 0.5) is 0 Å². The number of H-pyrrole nitrogens is 1. The molecule has 5 nitrogen and oxygen atoms in total. The Morgan fingerprint density at radius 3 is 3.07 bits per heavy atom. The summed E-state index contributed by atoms with van der Waals surface area (Å²) in [5.41, 5.74) is 0. The molecule has 0 aliphatic carbocycles. The Morgan fingerprint density at radius 2 is 2.47 bits per heavy atom. The average Bonchev–Trinajstić information content (AvgIpc) is 2.71. The van der Waals surface area contributed by atoms with Crippen molar-refractivity contribution < 1.29 is 8.42 Å². The van der Waals surface area contributed by atoms with Gasteiger partial charge in [0.25, 0.3) is 10.0 Å². The summed E-state index contributed by atoms with van der Waals surface area (Å²) in [4.78, 5) is 0. The molecular weight excluding hydrogens is 234 g/mol. The number of aromatic amines is 1. The lowest BCUT2D eigenvalue weighted by Crippen LogP contribution is -2.44. The highest BCUT2D eigenvalue weighted by Gasteiger charge is 2.31. The molecule has 0 aromatic carbocycles. The summed E-state index contributed by atoms with van der Waals surface area (Å²) < 4.78 is 25.7. The molecule has 0 amide bonds. The van der Waals surface area contributed by atoms with Crippen LogP contribution < -0.4 is 0 Å². The van der Waals surface area contributed by atoms with Crippen LogP contribution >= 0.6 is 11.8 Å². The molecule has 7 heteroatoms. The van der Waals surface area contributed by atoms with Crippen molar-refractivity contribution >= 4 is 21.8 Å². The van der Waals surface area contributed by atoms with Gasteiger partial charge in [-0.2, -0.15) is 21.2 Å². The van der Waals surface area contributed by atoms with Crippen molar-refractivity contribution in [2.75, 3.05) is 18.1 Å². The Labute approximate surface area is 93.3 Å². The number of sulfonamides is 1. The quantitative estimate of drug-likeness (QED) is 0.828. The van der Waals surface area contributed by atoms with Crippen molar-refractivity contribution in [2.24, 2.45) is 0 Å². The Balaban J connectivity index is 2.29. The van der Waals surface area contributed by atoms with E-state index in [4.69, 9.17) is 0 Å². The molecule has 1 aromatic rings. The molecule has 1 aromatic heterocycles. The summed E-state index contributed by atoms with van der Waals surface area (Å²) in [5, 5.41) is 6.36. The zero-order valence-corrected chi connectivity index (χ0v) is 10.0. The van der Waals surface area contributed by atoms with E-state index in [1.54, 1.807) is 11.8 Å². The Bertz CT molecular complexity index is 415. The lowest BCUT2D eigenvalue weighted by molar-refractivity contribution is 0.366. The van der Waals surface area contributed by atoms with Crippen LogP contribution in [-0.2, 0) is 10.0 Å². The van der Waals surface area contributed by atoms with Crippen LogP contribution in [0.1, 0.15) is 6.92 Å². The minimum atomic E-state index is -3.37.